The molecule has 1 saturated carbocycles. The second-order valence-corrected chi connectivity index (χ2v) is 4.44. The lowest BCUT2D eigenvalue weighted by Crippen LogP contribution is -2.61. The molecule has 1 N–H and O–H groups in total. The molecule has 2 aliphatic rings. The average Bonchev–Trinajstić information content (AvgIpc) is 2.94. The summed E-state index contributed by atoms with van der Waals surface area (Å²) in [5.41, 5.74) is 0. The Morgan fingerprint density at radius 2 is 2.14 bits per heavy atom. The van der Waals surface area contributed by atoms with Crippen LogP contribution in [0.3, 0.4) is 0 Å². The maximum absolute atomic E-state index is 11.8. The summed E-state index contributed by atoms with van der Waals surface area (Å²) in [4.78, 5) is 15.7. The summed E-state index contributed by atoms with van der Waals surface area (Å²) in [6.45, 7) is 2.86. The molecule has 0 spiro atoms. The number of nitrogens with zero attached hydrogens (tertiary/aromatic N) is 2. The molecule has 0 aromatic heterocycles. The number of hydrogen-bond donors (Lipinski definition) is 1. The van der Waals surface area contributed by atoms with Crippen LogP contribution in [0.1, 0.15) is 19.8 Å². The van der Waals surface area contributed by atoms with Gasteiger partial charge in [0, 0.05) is 25.7 Å². The number of amides is 1. The normalized spacial score (nSPS) is 35.1. The molecule has 0 bridgehead atoms. The highest BCUT2D eigenvalue weighted by Gasteiger charge is 2.44. The van der Waals surface area contributed by atoms with Crippen LogP contribution < -0.4 is 0 Å². The minimum atomic E-state index is -0.295. The maximum Gasteiger partial charge on any atom is 0.242 e. The van der Waals surface area contributed by atoms with Crippen LogP contribution in [-0.4, -0.2) is 59.1 Å². The van der Waals surface area contributed by atoms with Crippen molar-refractivity contribution in [3.63, 3.8) is 0 Å². The van der Waals surface area contributed by atoms with Crippen LogP contribution >= 0.6 is 0 Å². The summed E-state index contributed by atoms with van der Waals surface area (Å²) in [6, 6.07) is 0.624. The van der Waals surface area contributed by atoms with Gasteiger partial charge in [0.2, 0.25) is 5.91 Å². The van der Waals surface area contributed by atoms with Gasteiger partial charge in [0.15, 0.2) is 0 Å². The predicted molar refractivity (Wildman–Crippen MR) is 52.8 cm³/mol. The third kappa shape index (κ3) is 1.53. The summed E-state index contributed by atoms with van der Waals surface area (Å²) in [5, 5.41) is 9.25. The van der Waals surface area contributed by atoms with Gasteiger partial charge in [-0.25, -0.2) is 0 Å². The second-order valence-electron chi connectivity index (χ2n) is 4.44. The van der Waals surface area contributed by atoms with Gasteiger partial charge in [-0.05, 0) is 19.8 Å². The Balaban J connectivity index is 2.15. The van der Waals surface area contributed by atoms with Gasteiger partial charge < -0.3 is 10.0 Å². The van der Waals surface area contributed by atoms with Crippen molar-refractivity contribution >= 4 is 5.91 Å². The van der Waals surface area contributed by atoms with Crippen LogP contribution in [0.4, 0.5) is 0 Å². The fraction of sp³-hybridized carbons (Fsp3) is 0.900. The summed E-state index contributed by atoms with van der Waals surface area (Å²) in [7, 11) is 1.81. The lowest BCUT2D eigenvalue weighted by Gasteiger charge is -2.43. The van der Waals surface area contributed by atoms with E-state index in [-0.39, 0.29) is 18.6 Å². The monoisotopic (exact) mass is 198 g/mol. The third-order valence-electron chi connectivity index (χ3n) is 3.21. The Labute approximate surface area is 84.5 Å². The molecule has 1 aliphatic carbocycles. The van der Waals surface area contributed by atoms with Gasteiger partial charge in [0.05, 0.1) is 6.61 Å². The summed E-state index contributed by atoms with van der Waals surface area (Å²) in [5.74, 6) is 0.0671. The summed E-state index contributed by atoms with van der Waals surface area (Å²) in [6.07, 6.45) is 2.36. The van der Waals surface area contributed by atoms with Crippen LogP contribution in [0, 0.1) is 0 Å². The van der Waals surface area contributed by atoms with E-state index in [9.17, 15) is 9.90 Å². The predicted octanol–water partition coefficient (Wildman–Crippen LogP) is -0.328. The number of carbonyl (C=O) groups is 1. The number of aliphatic hydroxyl groups is 1. The number of likely N-dealkylation sites (N-methyl/N-ethyl adjacent to an activating group) is 1. The third-order valence-corrected chi connectivity index (χ3v) is 3.21. The first kappa shape index (κ1) is 9.93. The lowest BCUT2D eigenvalue weighted by atomic mass is 10.1. The van der Waals surface area contributed by atoms with Crippen LogP contribution in [-0.2, 0) is 4.79 Å². The molecule has 1 heterocycles. The number of carbonyl (C=O) groups excluding carboxylic acids is 1. The van der Waals surface area contributed by atoms with Gasteiger partial charge in [-0.2, -0.15) is 0 Å². The van der Waals surface area contributed by atoms with E-state index < -0.39 is 0 Å². The molecule has 1 amide bonds. The molecule has 1 saturated heterocycles. The SMILES string of the molecule is CC1CN(C)C(=O)C(CO)N1C1CC1. The zero-order chi connectivity index (χ0) is 10.3. The molecule has 2 fully saturated rings. The van der Waals surface area contributed by atoms with E-state index in [0.29, 0.717) is 12.1 Å². The first-order valence-electron chi connectivity index (χ1n) is 5.28. The molecule has 80 valence electrons. The quantitative estimate of drug-likeness (QED) is 0.661. The van der Waals surface area contributed by atoms with Gasteiger partial charge in [-0.3, -0.25) is 9.69 Å². The van der Waals surface area contributed by atoms with E-state index >= 15 is 0 Å². The molecule has 0 aromatic rings. The van der Waals surface area contributed by atoms with Crippen molar-refractivity contribution in [2.24, 2.45) is 0 Å². The fourth-order valence-electron chi connectivity index (χ4n) is 2.43. The van der Waals surface area contributed by atoms with E-state index in [1.165, 1.54) is 12.8 Å². The highest BCUT2D eigenvalue weighted by atomic mass is 16.3. The van der Waals surface area contributed by atoms with Crippen molar-refractivity contribution in [1.29, 1.82) is 0 Å². The number of piperazine rings is 1. The molecule has 4 nitrogen and oxygen atoms in total. The van der Waals surface area contributed by atoms with Gasteiger partial charge >= 0.3 is 0 Å². The molecule has 14 heavy (non-hydrogen) atoms. The van der Waals surface area contributed by atoms with E-state index in [2.05, 4.69) is 11.8 Å². The van der Waals surface area contributed by atoms with Crippen molar-refractivity contribution in [2.45, 2.75) is 37.9 Å². The van der Waals surface area contributed by atoms with E-state index in [1.54, 1.807) is 4.90 Å². The molecular weight excluding hydrogens is 180 g/mol. The van der Waals surface area contributed by atoms with Crippen molar-refractivity contribution in [2.75, 3.05) is 20.2 Å². The molecular formula is C10H18N2O2. The number of hydrogen-bond acceptors (Lipinski definition) is 3. The Morgan fingerprint density at radius 3 is 2.64 bits per heavy atom. The molecule has 0 radical (unpaired) electrons. The van der Waals surface area contributed by atoms with Crippen molar-refractivity contribution in [3.8, 4) is 0 Å². The minimum Gasteiger partial charge on any atom is -0.394 e. The van der Waals surface area contributed by atoms with E-state index in [0.717, 1.165) is 6.54 Å². The number of rotatable bonds is 2. The summed E-state index contributed by atoms with van der Waals surface area (Å²) < 4.78 is 0. The Bertz CT molecular complexity index is 240. The van der Waals surface area contributed by atoms with Gasteiger partial charge in [-0.15, -0.1) is 0 Å². The smallest absolute Gasteiger partial charge is 0.242 e. The van der Waals surface area contributed by atoms with Crippen LogP contribution in [0.15, 0.2) is 0 Å². The van der Waals surface area contributed by atoms with Crippen LogP contribution in [0.2, 0.25) is 0 Å². The largest absolute Gasteiger partial charge is 0.394 e. The maximum atomic E-state index is 11.8. The Hall–Kier alpha value is -0.610. The second kappa shape index (κ2) is 3.51. The van der Waals surface area contributed by atoms with E-state index in [4.69, 9.17) is 0 Å². The average molecular weight is 198 g/mol. The Morgan fingerprint density at radius 1 is 1.50 bits per heavy atom. The van der Waals surface area contributed by atoms with Crippen molar-refractivity contribution < 1.29 is 9.90 Å². The fourth-order valence-corrected chi connectivity index (χ4v) is 2.43. The summed E-state index contributed by atoms with van der Waals surface area (Å²) >= 11 is 0. The molecule has 1 aliphatic heterocycles. The zero-order valence-corrected chi connectivity index (χ0v) is 8.81. The van der Waals surface area contributed by atoms with Crippen LogP contribution in [0.5, 0.6) is 0 Å². The van der Waals surface area contributed by atoms with Gasteiger partial charge in [0.1, 0.15) is 6.04 Å². The van der Waals surface area contributed by atoms with Gasteiger partial charge in [-0.1, -0.05) is 0 Å². The van der Waals surface area contributed by atoms with Gasteiger partial charge in [0.25, 0.3) is 0 Å². The topological polar surface area (TPSA) is 43.8 Å². The lowest BCUT2D eigenvalue weighted by molar-refractivity contribution is -0.145. The minimum absolute atomic E-state index is 0.0516. The first-order chi connectivity index (χ1) is 6.65. The van der Waals surface area contributed by atoms with E-state index in [1.807, 2.05) is 7.05 Å². The molecule has 0 aromatic carbocycles. The zero-order valence-electron chi connectivity index (χ0n) is 8.81. The Kier molecular flexibility index (Phi) is 2.49. The van der Waals surface area contributed by atoms with Crippen LogP contribution in [0.25, 0.3) is 0 Å². The first-order valence-corrected chi connectivity index (χ1v) is 5.28. The highest BCUT2D eigenvalue weighted by Crippen LogP contribution is 2.32. The highest BCUT2D eigenvalue weighted by molar-refractivity contribution is 5.82. The molecule has 2 atom stereocenters. The molecule has 2 unspecified atom stereocenters. The van der Waals surface area contributed by atoms with Crippen molar-refractivity contribution in [3.05, 3.63) is 0 Å². The van der Waals surface area contributed by atoms with Crippen molar-refractivity contribution in [1.82, 2.24) is 9.80 Å². The molecule has 2 rings (SSSR count). The number of aliphatic hydroxyl groups excluding tert-OH is 1. The standard InChI is InChI=1S/C10H18N2O2/c1-7-5-11(2)10(14)9(6-13)12(7)8-3-4-8/h7-9,13H,3-6H2,1-2H3. The molecule has 4 heteroatoms.